The fraction of sp³-hybridized carbons (Fsp3) is 0.190. The van der Waals surface area contributed by atoms with E-state index in [1.165, 1.54) is 0 Å². The van der Waals surface area contributed by atoms with Crippen molar-refractivity contribution in [1.29, 1.82) is 0 Å². The number of benzene rings is 1. The molecule has 0 aliphatic rings. The van der Waals surface area contributed by atoms with Gasteiger partial charge in [-0.2, -0.15) is 0 Å². The Kier molecular flexibility index (Phi) is 6.31. The van der Waals surface area contributed by atoms with Gasteiger partial charge in [0.15, 0.2) is 0 Å². The molecule has 132 valence electrons. The molecule has 0 bridgehead atoms. The number of ether oxygens (including phenoxy) is 1. The maximum absolute atomic E-state index is 12.8. The molecule has 26 heavy (non-hydrogen) atoms. The third kappa shape index (κ3) is 5.41. The third-order valence-corrected chi connectivity index (χ3v) is 3.90. The topological polar surface area (TPSA) is 55.3 Å². The lowest BCUT2D eigenvalue weighted by molar-refractivity contribution is -0.133. The highest BCUT2D eigenvalue weighted by atomic mass is 16.5. The molecule has 5 nitrogen and oxygen atoms in total. The van der Waals surface area contributed by atoms with Crippen molar-refractivity contribution < 1.29 is 9.53 Å². The van der Waals surface area contributed by atoms with Crippen molar-refractivity contribution in [3.05, 3.63) is 90.5 Å². The van der Waals surface area contributed by atoms with Gasteiger partial charge in [-0.25, -0.2) is 0 Å². The summed E-state index contributed by atoms with van der Waals surface area (Å²) >= 11 is 0. The molecule has 2 heterocycles. The van der Waals surface area contributed by atoms with Crippen molar-refractivity contribution >= 4 is 5.91 Å². The van der Waals surface area contributed by atoms with Gasteiger partial charge >= 0.3 is 0 Å². The summed E-state index contributed by atoms with van der Waals surface area (Å²) in [7, 11) is 0. The van der Waals surface area contributed by atoms with Crippen LogP contribution in [-0.2, 0) is 17.9 Å². The molecule has 0 radical (unpaired) electrons. The zero-order chi connectivity index (χ0) is 18.0. The zero-order valence-corrected chi connectivity index (χ0v) is 14.5. The van der Waals surface area contributed by atoms with E-state index in [-0.39, 0.29) is 5.91 Å². The molecule has 0 saturated carbocycles. The van der Waals surface area contributed by atoms with Crippen LogP contribution in [0.3, 0.4) is 0 Å². The van der Waals surface area contributed by atoms with Crippen LogP contribution in [0.1, 0.15) is 17.5 Å². The number of para-hydroxylation sites is 1. The first-order chi connectivity index (χ1) is 12.8. The van der Waals surface area contributed by atoms with Crippen molar-refractivity contribution in [2.75, 3.05) is 6.61 Å². The molecule has 0 N–H and O–H groups in total. The Morgan fingerprint density at radius 2 is 1.62 bits per heavy atom. The molecule has 1 amide bonds. The van der Waals surface area contributed by atoms with Gasteiger partial charge in [0.05, 0.1) is 13.0 Å². The number of pyridine rings is 2. The Bertz CT molecular complexity index is 754. The van der Waals surface area contributed by atoms with Gasteiger partial charge in [-0.05, 0) is 41.5 Å². The minimum Gasteiger partial charge on any atom is -0.493 e. The summed E-state index contributed by atoms with van der Waals surface area (Å²) in [6, 6.07) is 17.2. The summed E-state index contributed by atoms with van der Waals surface area (Å²) in [4.78, 5) is 22.7. The molecule has 3 rings (SSSR count). The van der Waals surface area contributed by atoms with E-state index >= 15 is 0 Å². The summed E-state index contributed by atoms with van der Waals surface area (Å²) in [5.74, 6) is 0.815. The fourth-order valence-corrected chi connectivity index (χ4v) is 2.58. The third-order valence-electron chi connectivity index (χ3n) is 3.90. The SMILES string of the molecule is O=C(CCOc1ccccc1)N(Cc1ccncc1)Cc1cccnc1. The first-order valence-corrected chi connectivity index (χ1v) is 8.55. The summed E-state index contributed by atoms with van der Waals surface area (Å²) in [6.45, 7) is 1.39. The molecule has 0 saturated heterocycles. The lowest BCUT2D eigenvalue weighted by atomic mass is 10.2. The second-order valence-electron chi connectivity index (χ2n) is 5.88. The van der Waals surface area contributed by atoms with Crippen molar-refractivity contribution in [2.45, 2.75) is 19.5 Å². The Morgan fingerprint density at radius 3 is 2.35 bits per heavy atom. The highest BCUT2D eigenvalue weighted by Gasteiger charge is 2.15. The van der Waals surface area contributed by atoms with Crippen LogP contribution >= 0.6 is 0 Å². The van der Waals surface area contributed by atoms with Gasteiger partial charge in [-0.3, -0.25) is 14.8 Å². The Labute approximate surface area is 153 Å². The number of carbonyl (C=O) groups excluding carboxylic acids is 1. The quantitative estimate of drug-likeness (QED) is 0.626. The lowest BCUT2D eigenvalue weighted by Crippen LogP contribution is -2.31. The second-order valence-corrected chi connectivity index (χ2v) is 5.88. The number of rotatable bonds is 8. The summed E-state index contributed by atoms with van der Waals surface area (Å²) in [5.41, 5.74) is 2.04. The molecule has 0 aliphatic heterocycles. The van der Waals surface area contributed by atoms with E-state index in [1.807, 2.05) is 59.5 Å². The summed E-state index contributed by atoms with van der Waals surface area (Å²) in [5, 5.41) is 0. The van der Waals surface area contributed by atoms with E-state index in [4.69, 9.17) is 4.74 Å². The van der Waals surface area contributed by atoms with Gasteiger partial charge in [0, 0.05) is 37.9 Å². The number of aromatic nitrogens is 2. The maximum atomic E-state index is 12.8. The number of hydrogen-bond donors (Lipinski definition) is 0. The van der Waals surface area contributed by atoms with Crippen LogP contribution in [0.4, 0.5) is 0 Å². The molecule has 3 aromatic rings. The maximum Gasteiger partial charge on any atom is 0.226 e. The highest BCUT2D eigenvalue weighted by molar-refractivity contribution is 5.76. The molecular weight excluding hydrogens is 326 g/mol. The smallest absolute Gasteiger partial charge is 0.226 e. The largest absolute Gasteiger partial charge is 0.493 e. The standard InChI is InChI=1S/C21H21N3O2/c25-21(10-14-26-20-6-2-1-3-7-20)24(16-18-8-12-22-13-9-18)17-19-5-4-11-23-15-19/h1-9,11-13,15H,10,14,16-17H2. The first-order valence-electron chi connectivity index (χ1n) is 8.55. The number of hydrogen-bond acceptors (Lipinski definition) is 4. The van der Waals surface area contributed by atoms with Gasteiger partial charge in [0.1, 0.15) is 5.75 Å². The average molecular weight is 347 g/mol. The molecule has 0 atom stereocenters. The zero-order valence-electron chi connectivity index (χ0n) is 14.5. The van der Waals surface area contributed by atoms with Gasteiger partial charge in [0.2, 0.25) is 5.91 Å². The minimum absolute atomic E-state index is 0.0431. The highest BCUT2D eigenvalue weighted by Crippen LogP contribution is 2.12. The molecule has 2 aromatic heterocycles. The van der Waals surface area contributed by atoms with Crippen molar-refractivity contribution in [2.24, 2.45) is 0 Å². The first kappa shape index (κ1) is 17.6. The predicted molar refractivity (Wildman–Crippen MR) is 99.3 cm³/mol. The van der Waals surface area contributed by atoms with Crippen LogP contribution in [0.15, 0.2) is 79.4 Å². The van der Waals surface area contributed by atoms with Crippen LogP contribution < -0.4 is 4.74 Å². The van der Waals surface area contributed by atoms with Crippen molar-refractivity contribution in [1.82, 2.24) is 14.9 Å². The average Bonchev–Trinajstić information content (AvgIpc) is 2.70. The van der Waals surface area contributed by atoms with Crippen LogP contribution in [0, 0.1) is 0 Å². The molecule has 0 aliphatic carbocycles. The number of carbonyl (C=O) groups is 1. The van der Waals surface area contributed by atoms with Gasteiger partial charge in [-0.15, -0.1) is 0 Å². The van der Waals surface area contributed by atoms with E-state index in [9.17, 15) is 4.79 Å². The van der Waals surface area contributed by atoms with E-state index in [0.29, 0.717) is 26.1 Å². The van der Waals surface area contributed by atoms with E-state index in [2.05, 4.69) is 9.97 Å². The van der Waals surface area contributed by atoms with Crippen LogP contribution in [0.5, 0.6) is 5.75 Å². The molecule has 0 fully saturated rings. The number of amides is 1. The van der Waals surface area contributed by atoms with Crippen molar-refractivity contribution in [3.8, 4) is 5.75 Å². The predicted octanol–water partition coefficient (Wildman–Crippen LogP) is 3.47. The normalized spacial score (nSPS) is 10.3. The van der Waals surface area contributed by atoms with Crippen LogP contribution in [0.25, 0.3) is 0 Å². The van der Waals surface area contributed by atoms with Gasteiger partial charge in [-0.1, -0.05) is 24.3 Å². The van der Waals surface area contributed by atoms with E-state index in [0.717, 1.165) is 16.9 Å². The second kappa shape index (κ2) is 9.32. The van der Waals surface area contributed by atoms with E-state index < -0.39 is 0 Å². The van der Waals surface area contributed by atoms with E-state index in [1.54, 1.807) is 24.8 Å². The van der Waals surface area contributed by atoms with Crippen LogP contribution in [-0.4, -0.2) is 27.4 Å². The Morgan fingerprint density at radius 1 is 0.846 bits per heavy atom. The summed E-state index contributed by atoms with van der Waals surface area (Å²) in [6.07, 6.45) is 7.31. The van der Waals surface area contributed by atoms with Crippen molar-refractivity contribution in [3.63, 3.8) is 0 Å². The molecule has 0 spiro atoms. The molecule has 1 aromatic carbocycles. The van der Waals surface area contributed by atoms with Gasteiger partial charge < -0.3 is 9.64 Å². The molecular formula is C21H21N3O2. The molecule has 0 unspecified atom stereocenters. The van der Waals surface area contributed by atoms with Gasteiger partial charge in [0.25, 0.3) is 0 Å². The Hall–Kier alpha value is -3.21. The van der Waals surface area contributed by atoms with Crippen LogP contribution in [0.2, 0.25) is 0 Å². The minimum atomic E-state index is 0.0431. The number of nitrogens with zero attached hydrogens (tertiary/aromatic N) is 3. The molecule has 5 heteroatoms. The summed E-state index contributed by atoms with van der Waals surface area (Å²) < 4.78 is 5.66. The lowest BCUT2D eigenvalue weighted by Gasteiger charge is -2.23. The Balaban J connectivity index is 1.62. The monoisotopic (exact) mass is 347 g/mol. The fourth-order valence-electron chi connectivity index (χ4n) is 2.58.